The number of hydrogen-bond donors (Lipinski definition) is 1. The van der Waals surface area contributed by atoms with Gasteiger partial charge in [0.15, 0.2) is 0 Å². The van der Waals surface area contributed by atoms with Crippen molar-refractivity contribution in [1.29, 1.82) is 0 Å². The Morgan fingerprint density at radius 2 is 1.67 bits per heavy atom. The number of nitrogens with one attached hydrogen (secondary N) is 1. The standard InChI is InChI=1S/C23H33N3O6S/c1-6-31-21(27)18-14(2)25-15(3)19(22(28)32-13-16-10-8-7-9-11-16)20(18)17-12-24-23(26(17)4)33(5,29)30/h12,16,20,25H,6-11,13H2,1-5H3. The predicted octanol–water partition coefficient (Wildman–Crippen LogP) is 2.75. The molecule has 1 saturated carbocycles. The zero-order valence-corrected chi connectivity index (χ0v) is 20.8. The van der Waals surface area contributed by atoms with Gasteiger partial charge in [-0.3, -0.25) is 0 Å². The monoisotopic (exact) mass is 479 g/mol. The highest BCUT2D eigenvalue weighted by Crippen LogP contribution is 2.40. The molecule has 1 aliphatic heterocycles. The first-order valence-electron chi connectivity index (χ1n) is 11.3. The molecule has 1 aromatic rings. The average Bonchev–Trinajstić information content (AvgIpc) is 3.13. The van der Waals surface area contributed by atoms with E-state index in [1.165, 1.54) is 17.2 Å². The highest BCUT2D eigenvalue weighted by atomic mass is 32.2. The molecule has 0 saturated heterocycles. The first kappa shape index (κ1) is 25.0. The summed E-state index contributed by atoms with van der Waals surface area (Å²) < 4.78 is 36.8. The topological polar surface area (TPSA) is 117 Å². The Morgan fingerprint density at radius 3 is 2.18 bits per heavy atom. The summed E-state index contributed by atoms with van der Waals surface area (Å²) in [6.45, 7) is 5.64. The number of rotatable bonds is 7. The largest absolute Gasteiger partial charge is 0.463 e. The van der Waals surface area contributed by atoms with E-state index in [4.69, 9.17) is 9.47 Å². The number of aromatic nitrogens is 2. The maximum atomic E-state index is 13.3. The van der Waals surface area contributed by atoms with Crippen molar-refractivity contribution in [3.8, 4) is 0 Å². The minimum atomic E-state index is -3.62. The van der Waals surface area contributed by atoms with Crippen LogP contribution in [0.5, 0.6) is 0 Å². The van der Waals surface area contributed by atoms with Gasteiger partial charge >= 0.3 is 11.9 Å². The van der Waals surface area contributed by atoms with Crippen LogP contribution in [0.4, 0.5) is 0 Å². The molecule has 33 heavy (non-hydrogen) atoms. The number of ether oxygens (including phenoxy) is 2. The van der Waals surface area contributed by atoms with Gasteiger partial charge in [-0.15, -0.1) is 0 Å². The molecule has 1 aliphatic carbocycles. The molecule has 0 spiro atoms. The fraction of sp³-hybridized carbons (Fsp3) is 0.609. The van der Waals surface area contributed by atoms with E-state index in [1.54, 1.807) is 27.8 Å². The smallest absolute Gasteiger partial charge is 0.336 e. The van der Waals surface area contributed by atoms with Gasteiger partial charge in [0.1, 0.15) is 0 Å². The number of imidazole rings is 1. The molecule has 0 radical (unpaired) electrons. The Bertz CT molecular complexity index is 1090. The fourth-order valence-corrected chi connectivity index (χ4v) is 5.53. The minimum Gasteiger partial charge on any atom is -0.463 e. The van der Waals surface area contributed by atoms with Crippen molar-refractivity contribution < 1.29 is 27.5 Å². The van der Waals surface area contributed by atoms with Crippen LogP contribution in [-0.2, 0) is 35.9 Å². The van der Waals surface area contributed by atoms with Gasteiger partial charge in [-0.2, -0.15) is 0 Å². The Morgan fingerprint density at radius 1 is 1.09 bits per heavy atom. The van der Waals surface area contributed by atoms with Crippen LogP contribution in [0.15, 0.2) is 33.9 Å². The van der Waals surface area contributed by atoms with Gasteiger partial charge in [-0.1, -0.05) is 19.3 Å². The Hall–Kier alpha value is -2.62. The molecule has 9 nitrogen and oxygen atoms in total. The third-order valence-electron chi connectivity index (χ3n) is 6.26. The van der Waals surface area contributed by atoms with Crippen LogP contribution in [0, 0.1) is 5.92 Å². The molecule has 1 aromatic heterocycles. The molecule has 0 amide bonds. The quantitative estimate of drug-likeness (QED) is 0.594. The van der Waals surface area contributed by atoms with E-state index in [2.05, 4.69) is 10.3 Å². The molecule has 1 N–H and O–H groups in total. The van der Waals surface area contributed by atoms with Gasteiger partial charge in [0, 0.05) is 24.7 Å². The molecule has 10 heteroatoms. The van der Waals surface area contributed by atoms with E-state index in [-0.39, 0.29) is 22.9 Å². The molecule has 182 valence electrons. The second-order valence-corrected chi connectivity index (χ2v) is 10.7. The summed E-state index contributed by atoms with van der Waals surface area (Å²) in [5.41, 5.74) is 1.95. The summed E-state index contributed by atoms with van der Waals surface area (Å²) in [7, 11) is -2.06. The van der Waals surface area contributed by atoms with Gasteiger partial charge < -0.3 is 19.4 Å². The van der Waals surface area contributed by atoms with Gasteiger partial charge in [-0.25, -0.2) is 23.0 Å². The normalized spacial score (nSPS) is 20.0. The molecular formula is C23H33N3O6S. The zero-order chi connectivity index (χ0) is 24.3. The van der Waals surface area contributed by atoms with Gasteiger partial charge in [0.25, 0.3) is 0 Å². The third kappa shape index (κ3) is 5.31. The van der Waals surface area contributed by atoms with Gasteiger partial charge in [0.2, 0.25) is 15.0 Å². The summed E-state index contributed by atoms with van der Waals surface area (Å²) in [5.74, 6) is -1.67. The number of dihydropyridines is 1. The lowest BCUT2D eigenvalue weighted by Gasteiger charge is -2.31. The van der Waals surface area contributed by atoms with Crippen LogP contribution < -0.4 is 5.32 Å². The summed E-state index contributed by atoms with van der Waals surface area (Å²) in [5, 5.41) is 2.95. The van der Waals surface area contributed by atoms with E-state index in [9.17, 15) is 18.0 Å². The van der Waals surface area contributed by atoms with E-state index >= 15 is 0 Å². The molecular weight excluding hydrogens is 446 g/mol. The molecule has 1 atom stereocenters. The maximum absolute atomic E-state index is 13.3. The van der Waals surface area contributed by atoms with Crippen LogP contribution >= 0.6 is 0 Å². The first-order valence-corrected chi connectivity index (χ1v) is 13.2. The number of hydrogen-bond acceptors (Lipinski definition) is 8. The van der Waals surface area contributed by atoms with Crippen LogP contribution in [0.2, 0.25) is 0 Å². The summed E-state index contributed by atoms with van der Waals surface area (Å²) in [4.78, 5) is 30.4. The average molecular weight is 480 g/mol. The van der Waals surface area contributed by atoms with E-state index < -0.39 is 27.7 Å². The van der Waals surface area contributed by atoms with E-state index in [0.717, 1.165) is 31.9 Å². The van der Waals surface area contributed by atoms with Gasteiger partial charge in [-0.05, 0) is 39.5 Å². The van der Waals surface area contributed by atoms with Crippen LogP contribution in [0.3, 0.4) is 0 Å². The second kappa shape index (κ2) is 10.1. The number of nitrogens with zero attached hydrogens (tertiary/aromatic N) is 2. The third-order valence-corrected chi connectivity index (χ3v) is 7.30. The number of carbonyl (C=O) groups is 2. The number of carbonyl (C=O) groups excluding carboxylic acids is 2. The summed E-state index contributed by atoms with van der Waals surface area (Å²) in [6, 6.07) is 0. The van der Waals surface area contributed by atoms with E-state index in [0.29, 0.717) is 29.6 Å². The zero-order valence-electron chi connectivity index (χ0n) is 19.9. The minimum absolute atomic E-state index is 0.149. The Kier molecular flexibility index (Phi) is 7.66. The maximum Gasteiger partial charge on any atom is 0.336 e. The predicted molar refractivity (Wildman–Crippen MR) is 122 cm³/mol. The summed E-state index contributed by atoms with van der Waals surface area (Å²) >= 11 is 0. The fourth-order valence-electron chi connectivity index (χ4n) is 4.68. The molecule has 0 bridgehead atoms. The van der Waals surface area contributed by atoms with Gasteiger partial charge in [0.05, 0.1) is 42.2 Å². The summed E-state index contributed by atoms with van der Waals surface area (Å²) in [6.07, 6.45) is 7.98. The lowest BCUT2D eigenvalue weighted by Crippen LogP contribution is -2.34. The lowest BCUT2D eigenvalue weighted by atomic mass is 9.83. The highest BCUT2D eigenvalue weighted by molar-refractivity contribution is 7.90. The van der Waals surface area contributed by atoms with E-state index in [1.807, 2.05) is 0 Å². The van der Waals surface area contributed by atoms with Crippen molar-refractivity contribution in [3.63, 3.8) is 0 Å². The first-order chi connectivity index (χ1) is 15.6. The molecule has 1 fully saturated rings. The number of esters is 2. The van der Waals surface area contributed by atoms with Crippen molar-refractivity contribution in [2.24, 2.45) is 13.0 Å². The second-order valence-electron chi connectivity index (χ2n) is 8.76. The van der Waals surface area contributed by atoms with Crippen molar-refractivity contribution in [2.75, 3.05) is 19.5 Å². The van der Waals surface area contributed by atoms with Crippen molar-refractivity contribution in [2.45, 2.75) is 63.9 Å². The SMILES string of the molecule is CCOC(=O)C1=C(C)NC(C)=C(C(=O)OCC2CCCCC2)C1c1cnc(S(C)(=O)=O)n1C. The number of allylic oxidation sites excluding steroid dienone is 2. The van der Waals surface area contributed by atoms with Crippen LogP contribution in [0.1, 0.15) is 64.5 Å². The molecule has 2 heterocycles. The number of sulfone groups is 1. The van der Waals surface area contributed by atoms with Crippen molar-refractivity contribution in [3.05, 3.63) is 34.4 Å². The molecule has 2 aliphatic rings. The van der Waals surface area contributed by atoms with Crippen LogP contribution in [0.25, 0.3) is 0 Å². The highest BCUT2D eigenvalue weighted by Gasteiger charge is 2.40. The van der Waals surface area contributed by atoms with Crippen LogP contribution in [-0.4, -0.2) is 49.4 Å². The lowest BCUT2D eigenvalue weighted by molar-refractivity contribution is -0.141. The van der Waals surface area contributed by atoms with Crippen molar-refractivity contribution in [1.82, 2.24) is 14.9 Å². The Labute approximate surface area is 195 Å². The molecule has 0 aromatic carbocycles. The Balaban J connectivity index is 2.04. The van der Waals surface area contributed by atoms with Crippen molar-refractivity contribution >= 4 is 21.8 Å². The molecule has 3 rings (SSSR count). The molecule has 1 unspecified atom stereocenters.